The molecule has 0 saturated heterocycles. The van der Waals surface area contributed by atoms with Gasteiger partial charge in [0.2, 0.25) is 0 Å². The highest BCUT2D eigenvalue weighted by molar-refractivity contribution is 7.83. The van der Waals surface area contributed by atoms with E-state index in [0.29, 0.717) is 23.8 Å². The van der Waals surface area contributed by atoms with E-state index in [0.717, 1.165) is 35.5 Å². The number of hydrogen-bond acceptors (Lipinski definition) is 4. The number of pyridine rings is 1. The van der Waals surface area contributed by atoms with Crippen molar-refractivity contribution in [1.29, 1.82) is 0 Å². The average Bonchev–Trinajstić information content (AvgIpc) is 3.04. The van der Waals surface area contributed by atoms with Crippen molar-refractivity contribution in [3.05, 3.63) is 51.9 Å². The topological polar surface area (TPSA) is 104 Å². The minimum atomic E-state index is -1.12. The van der Waals surface area contributed by atoms with Crippen molar-refractivity contribution in [2.45, 2.75) is 56.5 Å². The molecule has 8 heteroatoms. The number of benzene rings is 1. The van der Waals surface area contributed by atoms with E-state index in [2.05, 4.69) is 15.3 Å². The van der Waals surface area contributed by atoms with Gasteiger partial charge in [-0.3, -0.25) is 4.79 Å². The normalized spacial score (nSPS) is 20.6. The molecule has 1 aromatic carbocycles. The summed E-state index contributed by atoms with van der Waals surface area (Å²) >= 11 is 0. The van der Waals surface area contributed by atoms with Crippen LogP contribution in [0.4, 0.5) is 11.4 Å². The third-order valence-corrected chi connectivity index (χ3v) is 7.23. The van der Waals surface area contributed by atoms with Gasteiger partial charge in [0.1, 0.15) is 22.4 Å². The first-order valence-corrected chi connectivity index (χ1v) is 11.3. The molecule has 29 heavy (non-hydrogen) atoms. The zero-order chi connectivity index (χ0) is 20.4. The van der Waals surface area contributed by atoms with E-state index >= 15 is 0 Å². The molecule has 4 rings (SSSR count). The molecule has 0 amide bonds. The maximum Gasteiger partial charge on any atom is 0.261 e. The SMILES string of the molecule is CCN1Cc2cc(N=C(N)c3c(NC4CCCCC4)cc[nH]c3=O)ccc2S1=O. The first kappa shape index (κ1) is 19.8. The second-order valence-corrected chi connectivity index (χ2v) is 9.02. The van der Waals surface area contributed by atoms with Crippen molar-refractivity contribution < 1.29 is 4.21 Å². The summed E-state index contributed by atoms with van der Waals surface area (Å²) in [7, 11) is -1.12. The Balaban J connectivity index is 1.63. The Morgan fingerprint density at radius 3 is 2.86 bits per heavy atom. The van der Waals surface area contributed by atoms with Crippen LogP contribution in [0, 0.1) is 0 Å². The van der Waals surface area contributed by atoms with E-state index < -0.39 is 11.0 Å². The van der Waals surface area contributed by atoms with Gasteiger partial charge in [-0.15, -0.1) is 0 Å². The van der Waals surface area contributed by atoms with Gasteiger partial charge in [0, 0.05) is 25.3 Å². The van der Waals surface area contributed by atoms with Crippen molar-refractivity contribution in [2.24, 2.45) is 10.7 Å². The number of fused-ring (bicyclic) bond motifs is 1. The maximum absolute atomic E-state index is 12.5. The predicted octanol–water partition coefficient (Wildman–Crippen LogP) is 3.01. The van der Waals surface area contributed by atoms with Crippen molar-refractivity contribution in [2.75, 3.05) is 11.9 Å². The lowest BCUT2D eigenvalue weighted by atomic mass is 9.95. The van der Waals surface area contributed by atoms with Crippen molar-refractivity contribution in [3.8, 4) is 0 Å². The van der Waals surface area contributed by atoms with Gasteiger partial charge in [-0.2, -0.15) is 0 Å². The van der Waals surface area contributed by atoms with Crippen molar-refractivity contribution in [3.63, 3.8) is 0 Å². The summed E-state index contributed by atoms with van der Waals surface area (Å²) in [6, 6.07) is 7.74. The fourth-order valence-corrected chi connectivity index (χ4v) is 5.36. The molecule has 2 aliphatic rings. The Kier molecular flexibility index (Phi) is 5.82. The Labute approximate surface area is 173 Å². The lowest BCUT2D eigenvalue weighted by Gasteiger charge is -2.24. The van der Waals surface area contributed by atoms with E-state index in [1.807, 2.05) is 29.4 Å². The number of hydrogen-bond donors (Lipinski definition) is 3. The highest BCUT2D eigenvalue weighted by Gasteiger charge is 2.25. The van der Waals surface area contributed by atoms with E-state index in [1.165, 1.54) is 19.3 Å². The zero-order valence-electron chi connectivity index (χ0n) is 16.6. The van der Waals surface area contributed by atoms with Gasteiger partial charge in [-0.05, 0) is 42.7 Å². The molecule has 1 fully saturated rings. The minimum Gasteiger partial charge on any atom is -0.383 e. The second-order valence-electron chi connectivity index (χ2n) is 7.57. The Morgan fingerprint density at radius 1 is 1.31 bits per heavy atom. The second kappa shape index (κ2) is 8.51. The van der Waals surface area contributed by atoms with Crippen molar-refractivity contribution in [1.82, 2.24) is 9.29 Å². The summed E-state index contributed by atoms with van der Waals surface area (Å²) in [5.74, 6) is 0.177. The average molecular weight is 414 g/mol. The lowest BCUT2D eigenvalue weighted by Crippen LogP contribution is -2.29. The Morgan fingerprint density at radius 2 is 2.10 bits per heavy atom. The molecule has 1 aromatic heterocycles. The summed E-state index contributed by atoms with van der Waals surface area (Å²) in [6.45, 7) is 3.34. The molecule has 2 heterocycles. The Hall–Kier alpha value is -2.45. The van der Waals surface area contributed by atoms with Gasteiger partial charge in [0.05, 0.1) is 16.3 Å². The zero-order valence-corrected chi connectivity index (χ0v) is 17.4. The number of amidine groups is 1. The molecule has 7 nitrogen and oxygen atoms in total. The van der Waals surface area contributed by atoms with Crippen molar-refractivity contribution >= 4 is 28.2 Å². The molecule has 154 valence electrons. The van der Waals surface area contributed by atoms with Crippen LogP contribution in [0.2, 0.25) is 0 Å². The summed E-state index contributed by atoms with van der Waals surface area (Å²) in [5.41, 5.74) is 8.76. The number of aliphatic imine (C=N–C) groups is 1. The highest BCUT2D eigenvalue weighted by atomic mass is 32.2. The van der Waals surface area contributed by atoms with Crippen LogP contribution in [-0.4, -0.2) is 31.9 Å². The molecule has 1 aliphatic heterocycles. The molecular formula is C21H27N5O2S. The molecule has 2 aromatic rings. The van der Waals surface area contributed by atoms with Crippen LogP contribution in [0.5, 0.6) is 0 Å². The van der Waals surface area contributed by atoms with Crippen LogP contribution in [0.3, 0.4) is 0 Å². The maximum atomic E-state index is 12.5. The first-order chi connectivity index (χ1) is 14.1. The number of H-pyrrole nitrogens is 1. The van der Waals surface area contributed by atoms with E-state index in [-0.39, 0.29) is 11.4 Å². The number of nitrogens with zero attached hydrogens (tertiary/aromatic N) is 2. The smallest absolute Gasteiger partial charge is 0.261 e. The van der Waals surface area contributed by atoms with Gasteiger partial charge >= 0.3 is 0 Å². The van der Waals surface area contributed by atoms with Crippen LogP contribution >= 0.6 is 0 Å². The molecule has 0 bridgehead atoms. The van der Waals surface area contributed by atoms with Gasteiger partial charge in [-0.1, -0.05) is 26.2 Å². The molecular weight excluding hydrogens is 386 g/mol. The number of rotatable bonds is 5. The van der Waals surface area contributed by atoms with Crippen LogP contribution < -0.4 is 16.6 Å². The summed E-state index contributed by atoms with van der Waals surface area (Å²) < 4.78 is 14.3. The third kappa shape index (κ3) is 4.13. The van der Waals surface area contributed by atoms with Gasteiger partial charge in [-0.25, -0.2) is 13.5 Å². The monoisotopic (exact) mass is 413 g/mol. The summed E-state index contributed by atoms with van der Waals surface area (Å²) in [5, 5.41) is 3.49. The Bertz CT molecular complexity index is 1010. The molecule has 4 N–H and O–H groups in total. The molecule has 0 spiro atoms. The van der Waals surface area contributed by atoms with Crippen LogP contribution in [0.15, 0.2) is 45.1 Å². The molecule has 0 radical (unpaired) electrons. The van der Waals surface area contributed by atoms with Crippen LogP contribution in [-0.2, 0) is 17.5 Å². The third-order valence-electron chi connectivity index (χ3n) is 5.60. The quantitative estimate of drug-likeness (QED) is 0.518. The standard InChI is InChI=1S/C21H27N5O2S/c1-2-26-13-14-12-16(8-9-18(14)29(26)28)25-20(22)19-17(10-11-23-21(19)27)24-15-6-4-3-5-7-15/h8-12,15H,2-7,13H2,1H3,(H2,22,25)(H2,23,24,27). The van der Waals surface area contributed by atoms with E-state index in [9.17, 15) is 9.00 Å². The fourth-order valence-electron chi connectivity index (χ4n) is 4.06. The van der Waals surface area contributed by atoms with Gasteiger partial charge < -0.3 is 16.0 Å². The van der Waals surface area contributed by atoms with Crippen LogP contribution in [0.25, 0.3) is 0 Å². The molecule has 1 unspecified atom stereocenters. The molecule has 1 atom stereocenters. The van der Waals surface area contributed by atoms with Gasteiger partial charge in [0.25, 0.3) is 5.56 Å². The number of nitrogens with two attached hydrogens (primary N) is 1. The van der Waals surface area contributed by atoms with Gasteiger partial charge in [0.15, 0.2) is 0 Å². The first-order valence-electron chi connectivity index (χ1n) is 10.2. The largest absolute Gasteiger partial charge is 0.383 e. The number of aromatic amines is 1. The lowest BCUT2D eigenvalue weighted by molar-refractivity contribution is 0.462. The van der Waals surface area contributed by atoms with E-state index in [4.69, 9.17) is 5.73 Å². The van der Waals surface area contributed by atoms with Crippen LogP contribution in [0.1, 0.15) is 50.2 Å². The number of aromatic nitrogens is 1. The minimum absolute atomic E-state index is 0.177. The molecule has 1 saturated carbocycles. The van der Waals surface area contributed by atoms with E-state index in [1.54, 1.807) is 12.3 Å². The summed E-state index contributed by atoms with van der Waals surface area (Å²) in [6.07, 6.45) is 7.49. The number of anilines is 1. The fraction of sp³-hybridized carbons (Fsp3) is 0.429. The predicted molar refractivity (Wildman–Crippen MR) is 117 cm³/mol. The highest BCUT2D eigenvalue weighted by Crippen LogP contribution is 2.30. The molecule has 1 aliphatic carbocycles. The summed E-state index contributed by atoms with van der Waals surface area (Å²) in [4.78, 5) is 20.6. The number of nitrogens with one attached hydrogen (secondary N) is 2.